The minimum Gasteiger partial charge on any atom is -0.447 e. The van der Waals surface area contributed by atoms with Crippen LogP contribution in [0.2, 0.25) is 0 Å². The average Bonchev–Trinajstić information content (AvgIpc) is 2.54. The van der Waals surface area contributed by atoms with Crippen LogP contribution in [-0.2, 0) is 14.2 Å². The van der Waals surface area contributed by atoms with Crippen molar-refractivity contribution < 1.29 is 29.2 Å². The van der Waals surface area contributed by atoms with Crippen molar-refractivity contribution in [2.45, 2.75) is 51.0 Å². The number of para-hydroxylation sites is 1. The van der Waals surface area contributed by atoms with Gasteiger partial charge in [0.2, 0.25) is 0 Å². The van der Waals surface area contributed by atoms with Gasteiger partial charge >= 0.3 is 5.24 Å². The third-order valence-electron chi connectivity index (χ3n) is 3.44. The van der Waals surface area contributed by atoms with Crippen molar-refractivity contribution in [3.8, 4) is 5.75 Å². The van der Waals surface area contributed by atoms with Crippen molar-refractivity contribution >= 4 is 17.5 Å². The van der Waals surface area contributed by atoms with Crippen LogP contribution < -0.4 is 4.74 Å². The molecule has 1 aromatic carbocycles. The van der Waals surface area contributed by atoms with E-state index in [-0.39, 0.29) is 5.24 Å². The molecule has 23 heavy (non-hydrogen) atoms. The molecule has 1 fully saturated rings. The van der Waals surface area contributed by atoms with E-state index in [1.54, 1.807) is 31.2 Å². The molecular formula is C16H22O6S. The molecule has 0 aliphatic carbocycles. The number of benzene rings is 1. The Morgan fingerprint density at radius 2 is 1.91 bits per heavy atom. The van der Waals surface area contributed by atoms with Gasteiger partial charge in [-0.15, -0.1) is 0 Å². The molecule has 1 heterocycles. The van der Waals surface area contributed by atoms with Gasteiger partial charge in [0.15, 0.2) is 12.4 Å². The molecule has 1 aliphatic rings. The molecule has 0 unspecified atom stereocenters. The Labute approximate surface area is 140 Å². The van der Waals surface area contributed by atoms with Gasteiger partial charge in [-0.05, 0) is 25.5 Å². The molecule has 7 heteroatoms. The van der Waals surface area contributed by atoms with Crippen LogP contribution in [0.25, 0.3) is 0 Å². The predicted molar refractivity (Wildman–Crippen MR) is 87.1 cm³/mol. The fourth-order valence-corrected chi connectivity index (χ4v) is 2.44. The van der Waals surface area contributed by atoms with Gasteiger partial charge in [0, 0.05) is 18.8 Å². The lowest BCUT2D eigenvalue weighted by molar-refractivity contribution is -0.291. The summed E-state index contributed by atoms with van der Waals surface area (Å²) in [5, 5.41) is 20.3. The second-order valence-electron chi connectivity index (χ2n) is 5.31. The zero-order valence-corrected chi connectivity index (χ0v) is 13.9. The zero-order chi connectivity index (χ0) is 16.8. The van der Waals surface area contributed by atoms with Gasteiger partial charge in [-0.1, -0.05) is 25.1 Å². The van der Waals surface area contributed by atoms with Crippen molar-refractivity contribution in [1.29, 1.82) is 0 Å². The molecule has 0 aromatic heterocycles. The molecule has 5 atom stereocenters. The van der Waals surface area contributed by atoms with E-state index in [0.717, 1.165) is 6.42 Å². The Bertz CT molecular complexity index is 497. The lowest BCUT2D eigenvalue weighted by Gasteiger charge is -2.40. The maximum absolute atomic E-state index is 10.3. The Kier molecular flexibility index (Phi) is 6.73. The van der Waals surface area contributed by atoms with Crippen LogP contribution in [0, 0.1) is 0 Å². The van der Waals surface area contributed by atoms with Gasteiger partial charge < -0.3 is 29.2 Å². The smallest absolute Gasteiger partial charge is 0.358 e. The highest BCUT2D eigenvalue weighted by molar-refractivity contribution is 7.79. The van der Waals surface area contributed by atoms with Crippen molar-refractivity contribution in [3.05, 3.63) is 30.3 Å². The lowest BCUT2D eigenvalue weighted by atomic mass is 10.00. The summed E-state index contributed by atoms with van der Waals surface area (Å²) in [6.45, 7) is 4.06. The molecule has 0 spiro atoms. The summed E-state index contributed by atoms with van der Waals surface area (Å²) >= 11 is 5.04. The number of aliphatic hydroxyl groups excluding tert-OH is 2. The number of aliphatic hydroxyl groups is 2. The van der Waals surface area contributed by atoms with Crippen LogP contribution in [0.1, 0.15) is 20.3 Å². The van der Waals surface area contributed by atoms with E-state index < -0.39 is 30.7 Å². The monoisotopic (exact) mass is 342 g/mol. The first kappa shape index (κ1) is 18.1. The highest BCUT2D eigenvalue weighted by atomic mass is 32.1. The van der Waals surface area contributed by atoms with E-state index in [0.29, 0.717) is 12.4 Å². The Hall–Kier alpha value is -1.25. The lowest BCUT2D eigenvalue weighted by Crippen LogP contribution is -2.59. The van der Waals surface area contributed by atoms with E-state index >= 15 is 0 Å². The summed E-state index contributed by atoms with van der Waals surface area (Å²) in [4.78, 5) is 0. The van der Waals surface area contributed by atoms with E-state index in [1.165, 1.54) is 0 Å². The maximum Gasteiger partial charge on any atom is 0.358 e. The maximum atomic E-state index is 10.3. The van der Waals surface area contributed by atoms with E-state index in [9.17, 15) is 10.2 Å². The number of thiocarbonyl (C=S) groups is 1. The molecule has 0 amide bonds. The molecule has 0 radical (unpaired) electrons. The Morgan fingerprint density at radius 3 is 2.57 bits per heavy atom. The molecule has 1 saturated heterocycles. The Balaban J connectivity index is 1.98. The van der Waals surface area contributed by atoms with E-state index in [2.05, 4.69) is 0 Å². The fraction of sp³-hybridized carbons (Fsp3) is 0.562. The molecule has 2 rings (SSSR count). The van der Waals surface area contributed by atoms with Gasteiger partial charge in [0.25, 0.3) is 0 Å². The van der Waals surface area contributed by atoms with Crippen LogP contribution in [0.15, 0.2) is 30.3 Å². The van der Waals surface area contributed by atoms with Gasteiger partial charge in [0.05, 0.1) is 6.10 Å². The normalized spacial score (nSPS) is 30.7. The topological polar surface area (TPSA) is 77.4 Å². The highest BCUT2D eigenvalue weighted by Gasteiger charge is 2.45. The van der Waals surface area contributed by atoms with Crippen molar-refractivity contribution in [2.75, 3.05) is 6.61 Å². The molecule has 1 aliphatic heterocycles. The first-order chi connectivity index (χ1) is 11.0. The first-order valence-electron chi connectivity index (χ1n) is 7.59. The number of rotatable bonds is 5. The van der Waals surface area contributed by atoms with E-state index in [4.69, 9.17) is 31.2 Å². The van der Waals surface area contributed by atoms with Gasteiger partial charge in [0.1, 0.15) is 18.0 Å². The van der Waals surface area contributed by atoms with Crippen LogP contribution >= 0.6 is 12.2 Å². The zero-order valence-electron chi connectivity index (χ0n) is 13.1. The minimum absolute atomic E-state index is 0.178. The molecule has 128 valence electrons. The summed E-state index contributed by atoms with van der Waals surface area (Å²) in [7, 11) is 0. The molecule has 6 nitrogen and oxygen atoms in total. The molecule has 1 aromatic rings. The largest absolute Gasteiger partial charge is 0.447 e. The number of ether oxygens (including phenoxy) is 4. The summed E-state index contributed by atoms with van der Waals surface area (Å²) in [5.41, 5.74) is 0. The standard InChI is InChI=1S/C16H22O6S/c1-3-9-19-15-13(18)14(12(17)10(2)20-15)22-16(23)21-11-7-5-4-6-8-11/h4-8,10,12-15,17-18H,3,9H2,1-2H3/t10-,12+,13-,14+,15+/m0/s1. The highest BCUT2D eigenvalue weighted by Crippen LogP contribution is 2.25. The van der Waals surface area contributed by atoms with Crippen LogP contribution in [0.4, 0.5) is 0 Å². The Morgan fingerprint density at radius 1 is 1.22 bits per heavy atom. The van der Waals surface area contributed by atoms with Crippen LogP contribution in [0.5, 0.6) is 5.75 Å². The summed E-state index contributed by atoms with van der Waals surface area (Å²) in [5.74, 6) is 0.514. The number of hydrogen-bond acceptors (Lipinski definition) is 7. The molecule has 0 saturated carbocycles. The third kappa shape index (κ3) is 4.86. The predicted octanol–water partition coefficient (Wildman–Crippen LogP) is 1.63. The quantitative estimate of drug-likeness (QED) is 0.788. The minimum atomic E-state index is -1.18. The summed E-state index contributed by atoms with van der Waals surface area (Å²) < 4.78 is 21.7. The van der Waals surface area contributed by atoms with Gasteiger partial charge in [-0.3, -0.25) is 0 Å². The SMILES string of the molecule is CCCO[C@@H]1O[C@@H](C)[C@@H](O)[C@@H](OC(=S)Oc2ccccc2)[C@@H]1O. The molecular weight excluding hydrogens is 320 g/mol. The van der Waals surface area contributed by atoms with Crippen LogP contribution in [-0.4, -0.2) is 52.8 Å². The van der Waals surface area contributed by atoms with E-state index in [1.807, 2.05) is 13.0 Å². The van der Waals surface area contributed by atoms with Gasteiger partial charge in [-0.25, -0.2) is 0 Å². The fourth-order valence-electron chi connectivity index (χ4n) is 2.23. The average molecular weight is 342 g/mol. The molecule has 2 N–H and O–H groups in total. The van der Waals surface area contributed by atoms with Crippen molar-refractivity contribution in [1.82, 2.24) is 0 Å². The third-order valence-corrected chi connectivity index (χ3v) is 3.62. The number of hydrogen-bond donors (Lipinski definition) is 2. The molecule has 0 bridgehead atoms. The van der Waals surface area contributed by atoms with Crippen LogP contribution in [0.3, 0.4) is 0 Å². The summed E-state index contributed by atoms with van der Waals surface area (Å²) in [6.07, 6.45) is -3.88. The van der Waals surface area contributed by atoms with Gasteiger partial charge in [-0.2, -0.15) is 0 Å². The van der Waals surface area contributed by atoms with Crippen molar-refractivity contribution in [3.63, 3.8) is 0 Å². The van der Waals surface area contributed by atoms with Crippen molar-refractivity contribution in [2.24, 2.45) is 0 Å². The first-order valence-corrected chi connectivity index (χ1v) is 8.00. The second kappa shape index (κ2) is 8.56. The second-order valence-corrected chi connectivity index (χ2v) is 5.64. The summed E-state index contributed by atoms with van der Waals surface area (Å²) in [6, 6.07) is 8.89.